The van der Waals surface area contributed by atoms with Gasteiger partial charge in [0.1, 0.15) is 12.5 Å². The van der Waals surface area contributed by atoms with Crippen molar-refractivity contribution in [1.29, 1.82) is 0 Å². The first-order chi connectivity index (χ1) is 17.8. The summed E-state index contributed by atoms with van der Waals surface area (Å²) in [6.07, 6.45) is 6.61. The molecule has 2 fully saturated rings. The van der Waals surface area contributed by atoms with Crippen molar-refractivity contribution in [1.82, 2.24) is 14.7 Å². The first-order valence-electron chi connectivity index (χ1n) is 13.5. The van der Waals surface area contributed by atoms with Gasteiger partial charge in [-0.2, -0.15) is 5.10 Å². The Morgan fingerprint density at radius 2 is 2.03 bits per heavy atom. The quantitative estimate of drug-likeness (QED) is 0.171. The van der Waals surface area contributed by atoms with E-state index in [2.05, 4.69) is 40.8 Å². The number of nitrogens with zero attached hydrogens (tertiary/aromatic N) is 6. The molecular weight excluding hydrogens is 488 g/mol. The number of aromatic nitrogens is 2. The number of benzene rings is 1. The Morgan fingerprint density at radius 3 is 2.78 bits per heavy atom. The average molecular weight is 527 g/mol. The van der Waals surface area contributed by atoms with Crippen LogP contribution in [0.4, 0.5) is 0 Å². The van der Waals surface area contributed by atoms with Crippen LogP contribution < -0.4 is 4.74 Å². The number of fused-ring (bicyclic) bond motifs is 6. The van der Waals surface area contributed by atoms with Crippen molar-refractivity contribution in [3.63, 3.8) is 0 Å². The maximum Gasteiger partial charge on any atom is 0.260 e. The van der Waals surface area contributed by atoms with E-state index in [0.29, 0.717) is 32.2 Å². The van der Waals surface area contributed by atoms with Crippen LogP contribution in [-0.2, 0) is 21.0 Å². The highest BCUT2D eigenvalue weighted by molar-refractivity contribution is 6.76. The highest BCUT2D eigenvalue weighted by Crippen LogP contribution is 2.41. The molecule has 0 N–H and O–H groups in total. The molecule has 4 aliphatic rings. The number of ether oxygens (including phenoxy) is 3. The van der Waals surface area contributed by atoms with Gasteiger partial charge in [0, 0.05) is 37.6 Å². The zero-order chi connectivity index (χ0) is 26.0. The molecule has 10 nitrogen and oxygen atoms in total. The molecule has 1 aromatic carbocycles. The molecule has 0 unspecified atom stereocenters. The highest BCUT2D eigenvalue weighted by atomic mass is 28.3. The number of carbonyl (C=O) groups is 1. The van der Waals surface area contributed by atoms with Gasteiger partial charge < -0.3 is 19.1 Å². The lowest BCUT2D eigenvalue weighted by molar-refractivity contribution is -0.136. The molecule has 200 valence electrons. The summed E-state index contributed by atoms with van der Waals surface area (Å²) in [7, 11) is -1.16. The zero-order valence-electron chi connectivity index (χ0n) is 22.1. The predicted octanol–water partition coefficient (Wildman–Crippen LogP) is 5.06. The molecule has 3 aliphatic heterocycles. The number of amides is 1. The van der Waals surface area contributed by atoms with Crippen LogP contribution in [0.5, 0.6) is 5.75 Å². The van der Waals surface area contributed by atoms with E-state index in [4.69, 9.17) is 19.7 Å². The molecule has 1 aromatic heterocycles. The van der Waals surface area contributed by atoms with Crippen molar-refractivity contribution in [2.24, 2.45) is 5.11 Å². The molecule has 11 heteroatoms. The maximum absolute atomic E-state index is 13.2. The minimum Gasteiger partial charge on any atom is -0.483 e. The minimum absolute atomic E-state index is 0.0605. The van der Waals surface area contributed by atoms with E-state index in [1.807, 2.05) is 16.9 Å². The Bertz CT molecular complexity index is 1170. The van der Waals surface area contributed by atoms with Crippen LogP contribution in [0.3, 0.4) is 0 Å². The summed E-state index contributed by atoms with van der Waals surface area (Å²) in [4.78, 5) is 18.0. The third-order valence-corrected chi connectivity index (χ3v) is 9.69. The van der Waals surface area contributed by atoms with Crippen molar-refractivity contribution in [2.45, 2.75) is 88.6 Å². The van der Waals surface area contributed by atoms with Gasteiger partial charge >= 0.3 is 0 Å². The Labute approximate surface area is 218 Å². The minimum atomic E-state index is -1.16. The summed E-state index contributed by atoms with van der Waals surface area (Å²) >= 11 is 0. The number of carbonyl (C=O) groups excluding carboxylic acids is 1. The first kappa shape index (κ1) is 26.0. The fourth-order valence-electron chi connectivity index (χ4n) is 5.75. The van der Waals surface area contributed by atoms with Crippen LogP contribution in [0, 0.1) is 0 Å². The summed E-state index contributed by atoms with van der Waals surface area (Å²) < 4.78 is 20.4. The smallest absolute Gasteiger partial charge is 0.260 e. The van der Waals surface area contributed by atoms with E-state index in [1.54, 1.807) is 4.90 Å². The molecular formula is C26H38N6O4Si. The highest BCUT2D eigenvalue weighted by Gasteiger charge is 2.38. The average Bonchev–Trinajstić information content (AvgIpc) is 3.46. The number of hydrogen-bond donors (Lipinski definition) is 0. The molecule has 2 atom stereocenters. The van der Waals surface area contributed by atoms with E-state index < -0.39 is 8.07 Å². The normalized spacial score (nSPS) is 26.5. The fourth-order valence-corrected chi connectivity index (χ4v) is 6.50. The lowest BCUT2D eigenvalue weighted by Crippen LogP contribution is -2.44. The van der Waals surface area contributed by atoms with E-state index in [0.717, 1.165) is 60.6 Å². The van der Waals surface area contributed by atoms with E-state index in [9.17, 15) is 4.79 Å². The third-order valence-electron chi connectivity index (χ3n) is 7.98. The lowest BCUT2D eigenvalue weighted by Gasteiger charge is -2.31. The predicted molar refractivity (Wildman–Crippen MR) is 143 cm³/mol. The van der Waals surface area contributed by atoms with Gasteiger partial charge in [-0.05, 0) is 61.2 Å². The third kappa shape index (κ3) is 5.95. The molecule has 0 radical (unpaired) electrons. The summed E-state index contributed by atoms with van der Waals surface area (Å²) in [5.74, 6) is 0.989. The topological polar surface area (TPSA) is 115 Å². The summed E-state index contributed by atoms with van der Waals surface area (Å²) in [5.41, 5.74) is 11.1. The standard InChI is InChI=1S/C26H38N6O4Si/c1-37(2,3)11-10-34-17-32-23-13-25-21(12-19(23)14-28-32)18-4-6-20(7-5-18)35-15-24-22(29-30-27)8-9-31(24)26(33)16-36-25/h12-14,18,20,22,24H,4-11,15-17H2,1-3H3/t18?,20?,22-,24-/m0/s1. The summed E-state index contributed by atoms with van der Waals surface area (Å²) in [5, 5.41) is 9.60. The maximum atomic E-state index is 13.2. The van der Waals surface area contributed by atoms with Crippen LogP contribution in [0.1, 0.15) is 43.6 Å². The molecule has 2 aromatic rings. The van der Waals surface area contributed by atoms with Crippen molar-refractivity contribution in [2.75, 3.05) is 26.4 Å². The van der Waals surface area contributed by atoms with E-state index in [1.165, 1.54) is 0 Å². The van der Waals surface area contributed by atoms with Crippen LogP contribution in [0.25, 0.3) is 21.3 Å². The number of rotatable bonds is 6. The van der Waals surface area contributed by atoms with Crippen LogP contribution in [0.2, 0.25) is 25.7 Å². The molecule has 1 saturated heterocycles. The number of hydrogen-bond acceptors (Lipinski definition) is 6. The Morgan fingerprint density at radius 1 is 1.22 bits per heavy atom. The van der Waals surface area contributed by atoms with Crippen molar-refractivity contribution >= 4 is 24.9 Å². The second-order valence-electron chi connectivity index (χ2n) is 11.8. The van der Waals surface area contributed by atoms with Crippen LogP contribution in [0.15, 0.2) is 23.4 Å². The largest absolute Gasteiger partial charge is 0.483 e. The first-order valence-corrected chi connectivity index (χ1v) is 17.2. The van der Waals surface area contributed by atoms with Gasteiger partial charge in [0.15, 0.2) is 6.61 Å². The molecule has 0 spiro atoms. The number of azide groups is 1. The molecule has 2 bridgehead atoms. The van der Waals surface area contributed by atoms with Gasteiger partial charge in [0.25, 0.3) is 5.91 Å². The van der Waals surface area contributed by atoms with Gasteiger partial charge in [0.2, 0.25) is 0 Å². The SMILES string of the molecule is C[Si](C)(C)CCOCn1ncc2cc3c(cc21)OCC(=O)N1CC[C@H](N=[N+]=[N-])[C@@H]1COC1CCC3CC1. The van der Waals surface area contributed by atoms with Crippen LogP contribution >= 0.6 is 0 Å². The van der Waals surface area contributed by atoms with Crippen molar-refractivity contribution in [3.05, 3.63) is 34.3 Å². The Balaban J connectivity index is 1.40. The molecule has 6 rings (SSSR count). The van der Waals surface area contributed by atoms with Gasteiger partial charge in [-0.15, -0.1) is 0 Å². The van der Waals surface area contributed by atoms with Gasteiger partial charge in [-0.1, -0.05) is 24.8 Å². The van der Waals surface area contributed by atoms with Crippen LogP contribution in [-0.4, -0.2) is 73.2 Å². The van der Waals surface area contributed by atoms with Gasteiger partial charge in [0.05, 0.1) is 36.5 Å². The molecule has 1 aliphatic carbocycles. The molecule has 1 saturated carbocycles. The zero-order valence-corrected chi connectivity index (χ0v) is 23.1. The lowest BCUT2D eigenvalue weighted by atomic mass is 9.82. The van der Waals surface area contributed by atoms with Crippen molar-refractivity contribution in [3.8, 4) is 5.75 Å². The van der Waals surface area contributed by atoms with E-state index >= 15 is 0 Å². The molecule has 1 amide bonds. The van der Waals surface area contributed by atoms with Crippen molar-refractivity contribution < 1.29 is 19.0 Å². The molecule has 4 heterocycles. The van der Waals surface area contributed by atoms with E-state index in [-0.39, 0.29) is 30.7 Å². The van der Waals surface area contributed by atoms with Gasteiger partial charge in [-0.25, -0.2) is 4.68 Å². The van der Waals surface area contributed by atoms with Gasteiger partial charge in [-0.3, -0.25) is 4.79 Å². The molecule has 37 heavy (non-hydrogen) atoms. The Kier molecular flexibility index (Phi) is 7.76. The Hall–Kier alpha value is -2.59. The second kappa shape index (κ2) is 11.0. The second-order valence-corrected chi connectivity index (χ2v) is 17.4. The monoisotopic (exact) mass is 526 g/mol. The summed E-state index contributed by atoms with van der Waals surface area (Å²) in [6, 6.07) is 4.80. The fraction of sp³-hybridized carbons (Fsp3) is 0.692. The summed E-state index contributed by atoms with van der Waals surface area (Å²) in [6.45, 7) is 9.02.